The van der Waals surface area contributed by atoms with Gasteiger partial charge >= 0.3 is 0 Å². The molecule has 0 atom stereocenters. The Kier molecular flexibility index (Phi) is 6.19. The van der Waals surface area contributed by atoms with Crippen molar-refractivity contribution in [1.29, 1.82) is 0 Å². The maximum atomic E-state index is 12.2. The van der Waals surface area contributed by atoms with Gasteiger partial charge in [-0.25, -0.2) is 9.97 Å². The van der Waals surface area contributed by atoms with Gasteiger partial charge in [0, 0.05) is 43.5 Å². The van der Waals surface area contributed by atoms with Crippen LogP contribution in [0.2, 0.25) is 0 Å². The van der Waals surface area contributed by atoms with Gasteiger partial charge in [-0.05, 0) is 35.6 Å². The topological polar surface area (TPSA) is 75.1 Å². The first-order valence-electron chi connectivity index (χ1n) is 10.6. The number of unbranched alkanes of at least 4 members (excludes halogenated alkanes) is 1. The molecule has 2 N–H and O–H groups in total. The molecule has 2 aromatic carbocycles. The first-order valence-corrected chi connectivity index (χ1v) is 10.6. The Morgan fingerprint density at radius 2 is 1.93 bits per heavy atom. The molecule has 4 rings (SSSR count). The van der Waals surface area contributed by atoms with Crippen molar-refractivity contribution in [2.24, 2.45) is 0 Å². The zero-order valence-corrected chi connectivity index (χ0v) is 17.3. The Hall–Kier alpha value is -3.05. The average Bonchev–Trinajstić information content (AvgIpc) is 3.14. The Bertz CT molecular complexity index is 1050. The first-order chi connectivity index (χ1) is 14.7. The van der Waals surface area contributed by atoms with Crippen molar-refractivity contribution in [3.05, 3.63) is 76.7 Å². The lowest BCUT2D eigenvalue weighted by molar-refractivity contribution is 0.0988. The van der Waals surface area contributed by atoms with E-state index in [4.69, 9.17) is 15.1 Å². The van der Waals surface area contributed by atoms with Crippen LogP contribution in [0.25, 0.3) is 11.1 Å². The number of aromatic nitrogens is 2. The van der Waals surface area contributed by atoms with E-state index in [1.165, 1.54) is 5.56 Å². The second-order valence-electron chi connectivity index (χ2n) is 7.66. The Morgan fingerprint density at radius 1 is 1.10 bits per heavy atom. The lowest BCUT2D eigenvalue weighted by Gasteiger charge is -2.13. The number of Topliss-reactive ketones (excluding diaryl/α,β-unsaturated/α-hetero) is 1. The molecule has 30 heavy (non-hydrogen) atoms. The van der Waals surface area contributed by atoms with E-state index in [9.17, 15) is 4.79 Å². The maximum Gasteiger partial charge on any atom is 0.162 e. The summed E-state index contributed by atoms with van der Waals surface area (Å²) < 4.78 is 0. The molecule has 154 valence electrons. The Balaban J connectivity index is 1.69. The van der Waals surface area contributed by atoms with Crippen molar-refractivity contribution < 1.29 is 9.90 Å². The molecule has 0 saturated heterocycles. The lowest BCUT2D eigenvalue weighted by Crippen LogP contribution is -2.10. The number of anilines is 1. The van der Waals surface area contributed by atoms with E-state index in [1.807, 2.05) is 43.3 Å². The van der Waals surface area contributed by atoms with E-state index in [0.29, 0.717) is 19.3 Å². The second-order valence-corrected chi connectivity index (χ2v) is 7.66. The molecule has 0 aliphatic heterocycles. The molecule has 5 heteroatoms. The standard InChI is InChI=1S/C25H27N3O2/c1-2-22(30)18-10-11-20-19(15-18)16-21-24(20)25(26-12-6-7-13-29)28-23(27-21)14-17-8-4-3-5-9-17/h3-5,8-11,15,29H,2,6-7,12-14,16H2,1H3,(H,26,27,28). The van der Waals surface area contributed by atoms with E-state index in [1.54, 1.807) is 0 Å². The minimum atomic E-state index is 0.159. The molecule has 0 saturated carbocycles. The minimum Gasteiger partial charge on any atom is -0.396 e. The third-order valence-corrected chi connectivity index (χ3v) is 5.49. The summed E-state index contributed by atoms with van der Waals surface area (Å²) >= 11 is 0. The number of fused-ring (bicyclic) bond motifs is 3. The van der Waals surface area contributed by atoms with E-state index in [-0.39, 0.29) is 12.4 Å². The highest BCUT2D eigenvalue weighted by atomic mass is 16.2. The molecule has 1 aliphatic carbocycles. The van der Waals surface area contributed by atoms with E-state index in [0.717, 1.165) is 59.0 Å². The summed E-state index contributed by atoms with van der Waals surface area (Å²) in [5.74, 6) is 1.80. The highest BCUT2D eigenvalue weighted by molar-refractivity contribution is 5.97. The van der Waals surface area contributed by atoms with Crippen molar-refractivity contribution in [2.45, 2.75) is 39.0 Å². The van der Waals surface area contributed by atoms with Gasteiger partial charge in [0.25, 0.3) is 0 Å². The third kappa shape index (κ3) is 4.26. The molecule has 0 bridgehead atoms. The van der Waals surface area contributed by atoms with Crippen LogP contribution >= 0.6 is 0 Å². The Morgan fingerprint density at radius 3 is 2.70 bits per heavy atom. The minimum absolute atomic E-state index is 0.159. The van der Waals surface area contributed by atoms with Gasteiger partial charge in [0.2, 0.25) is 0 Å². The summed E-state index contributed by atoms with van der Waals surface area (Å²) in [6.45, 7) is 2.83. The summed E-state index contributed by atoms with van der Waals surface area (Å²) in [7, 11) is 0. The van der Waals surface area contributed by atoms with Crippen LogP contribution in [0.15, 0.2) is 48.5 Å². The molecule has 1 heterocycles. The number of ketones is 1. The summed E-state index contributed by atoms with van der Waals surface area (Å²) in [5.41, 5.74) is 6.23. The van der Waals surface area contributed by atoms with Crippen LogP contribution in [-0.2, 0) is 12.8 Å². The first kappa shape index (κ1) is 20.2. The van der Waals surface area contributed by atoms with Crippen molar-refractivity contribution in [2.75, 3.05) is 18.5 Å². The number of aliphatic hydroxyl groups excluding tert-OH is 1. The van der Waals surface area contributed by atoms with Crippen molar-refractivity contribution in [3.63, 3.8) is 0 Å². The number of rotatable bonds is 9. The molecule has 0 radical (unpaired) electrons. The zero-order chi connectivity index (χ0) is 20.9. The summed E-state index contributed by atoms with van der Waals surface area (Å²) in [6, 6.07) is 16.2. The number of hydrogen-bond acceptors (Lipinski definition) is 5. The van der Waals surface area contributed by atoms with E-state index >= 15 is 0 Å². The van der Waals surface area contributed by atoms with Gasteiger partial charge in [-0.3, -0.25) is 4.79 Å². The smallest absolute Gasteiger partial charge is 0.162 e. The molecular weight excluding hydrogens is 374 g/mol. The van der Waals surface area contributed by atoms with Crippen LogP contribution in [-0.4, -0.2) is 34.0 Å². The van der Waals surface area contributed by atoms with Crippen LogP contribution in [0.3, 0.4) is 0 Å². The van der Waals surface area contributed by atoms with Crippen molar-refractivity contribution in [3.8, 4) is 11.1 Å². The number of carbonyl (C=O) groups is 1. The predicted octanol–water partition coefficient (Wildman–Crippen LogP) is 4.42. The molecule has 0 amide bonds. The number of nitrogens with one attached hydrogen (secondary N) is 1. The number of nitrogens with zero attached hydrogens (tertiary/aromatic N) is 2. The Labute approximate surface area is 177 Å². The summed E-state index contributed by atoms with van der Waals surface area (Å²) in [4.78, 5) is 21.9. The van der Waals surface area contributed by atoms with Crippen LogP contribution in [0.1, 0.15) is 59.2 Å². The molecule has 0 fully saturated rings. The molecule has 0 unspecified atom stereocenters. The molecule has 5 nitrogen and oxygen atoms in total. The molecule has 0 spiro atoms. The van der Waals surface area contributed by atoms with Gasteiger partial charge in [-0.2, -0.15) is 0 Å². The predicted molar refractivity (Wildman–Crippen MR) is 119 cm³/mol. The third-order valence-electron chi connectivity index (χ3n) is 5.49. The van der Waals surface area contributed by atoms with Gasteiger partial charge in [0.15, 0.2) is 5.78 Å². The average molecular weight is 402 g/mol. The number of aliphatic hydroxyl groups is 1. The van der Waals surface area contributed by atoms with Gasteiger partial charge in [0.05, 0.1) is 5.69 Å². The fourth-order valence-electron chi connectivity index (χ4n) is 3.94. The number of hydrogen-bond donors (Lipinski definition) is 2. The van der Waals surface area contributed by atoms with Crippen molar-refractivity contribution in [1.82, 2.24) is 9.97 Å². The summed E-state index contributed by atoms with van der Waals surface area (Å²) in [6.07, 6.45) is 3.53. The lowest BCUT2D eigenvalue weighted by atomic mass is 10.0. The van der Waals surface area contributed by atoms with Crippen LogP contribution in [0.4, 0.5) is 5.82 Å². The van der Waals surface area contributed by atoms with Crippen LogP contribution in [0, 0.1) is 0 Å². The molecule has 3 aromatic rings. The highest BCUT2D eigenvalue weighted by Crippen LogP contribution is 2.40. The molecule has 1 aliphatic rings. The monoisotopic (exact) mass is 401 g/mol. The fourth-order valence-corrected chi connectivity index (χ4v) is 3.94. The van der Waals surface area contributed by atoms with Crippen LogP contribution < -0.4 is 5.32 Å². The van der Waals surface area contributed by atoms with Gasteiger partial charge in [0.1, 0.15) is 11.6 Å². The van der Waals surface area contributed by atoms with Gasteiger partial charge < -0.3 is 10.4 Å². The SMILES string of the molecule is CCC(=O)c1ccc2c(c1)Cc1nc(Cc3ccccc3)nc(NCCCCO)c1-2. The largest absolute Gasteiger partial charge is 0.396 e. The van der Waals surface area contributed by atoms with Crippen LogP contribution in [0.5, 0.6) is 0 Å². The summed E-state index contributed by atoms with van der Waals surface area (Å²) in [5, 5.41) is 12.5. The van der Waals surface area contributed by atoms with E-state index in [2.05, 4.69) is 17.4 Å². The van der Waals surface area contributed by atoms with Gasteiger partial charge in [-0.1, -0.05) is 49.4 Å². The highest BCUT2D eigenvalue weighted by Gasteiger charge is 2.26. The normalized spacial score (nSPS) is 11.8. The molecular formula is C25H27N3O2. The second kappa shape index (κ2) is 9.18. The number of carbonyl (C=O) groups excluding carboxylic acids is 1. The zero-order valence-electron chi connectivity index (χ0n) is 17.3. The fraction of sp³-hybridized carbons (Fsp3) is 0.320. The number of benzene rings is 2. The van der Waals surface area contributed by atoms with Crippen molar-refractivity contribution >= 4 is 11.6 Å². The van der Waals surface area contributed by atoms with E-state index < -0.39 is 0 Å². The maximum absolute atomic E-state index is 12.2. The van der Waals surface area contributed by atoms with Gasteiger partial charge in [-0.15, -0.1) is 0 Å². The quantitative estimate of drug-likeness (QED) is 0.321. The molecule has 1 aromatic heterocycles.